The summed E-state index contributed by atoms with van der Waals surface area (Å²) in [5, 5.41) is 0.879. The van der Waals surface area contributed by atoms with E-state index < -0.39 is 0 Å². The fourth-order valence-corrected chi connectivity index (χ4v) is 2.96. The summed E-state index contributed by atoms with van der Waals surface area (Å²) in [5.74, 6) is 2.04. The van der Waals surface area contributed by atoms with Crippen LogP contribution in [-0.4, -0.2) is 15.7 Å². The van der Waals surface area contributed by atoms with Gasteiger partial charge in [-0.15, -0.1) is 0 Å². The highest BCUT2D eigenvalue weighted by molar-refractivity contribution is 7.99. The van der Waals surface area contributed by atoms with Gasteiger partial charge in [-0.3, -0.25) is 0 Å². The van der Waals surface area contributed by atoms with Crippen molar-refractivity contribution in [1.82, 2.24) is 9.97 Å². The van der Waals surface area contributed by atoms with Gasteiger partial charge in [0.2, 0.25) is 0 Å². The first-order valence-corrected chi connectivity index (χ1v) is 6.52. The van der Waals surface area contributed by atoms with Gasteiger partial charge >= 0.3 is 0 Å². The molecule has 1 aromatic rings. The van der Waals surface area contributed by atoms with Crippen molar-refractivity contribution in [2.75, 3.05) is 5.75 Å². The van der Waals surface area contributed by atoms with Gasteiger partial charge in [0.25, 0.3) is 0 Å². The first kappa shape index (κ1) is 10.9. The van der Waals surface area contributed by atoms with Crippen LogP contribution in [0.5, 0.6) is 0 Å². The summed E-state index contributed by atoms with van der Waals surface area (Å²) in [7, 11) is 0. The fourth-order valence-electron chi connectivity index (χ4n) is 1.93. The van der Waals surface area contributed by atoms with Crippen LogP contribution in [0.4, 0.5) is 0 Å². The maximum absolute atomic E-state index is 5.54. The smallest absolute Gasteiger partial charge is 0.187 e. The lowest BCUT2D eigenvalue weighted by molar-refractivity contribution is 0.622. The monoisotopic (exact) mass is 223 g/mol. The Hall–Kier alpha value is -0.610. The Bertz CT molecular complexity index is 310. The highest BCUT2D eigenvalue weighted by Gasteiger charge is 2.15. The van der Waals surface area contributed by atoms with Crippen LogP contribution in [0.15, 0.2) is 17.4 Å². The van der Waals surface area contributed by atoms with Crippen molar-refractivity contribution >= 4 is 11.8 Å². The third kappa shape index (κ3) is 3.18. The van der Waals surface area contributed by atoms with Crippen molar-refractivity contribution in [2.24, 2.45) is 11.7 Å². The molecule has 1 heterocycles. The summed E-state index contributed by atoms with van der Waals surface area (Å²) in [6.07, 6.45) is 7.35. The molecule has 3 nitrogen and oxygen atoms in total. The Morgan fingerprint density at radius 1 is 1.40 bits per heavy atom. The Kier molecular flexibility index (Phi) is 3.97. The largest absolute Gasteiger partial charge is 0.325 e. The van der Waals surface area contributed by atoms with Crippen LogP contribution in [0.2, 0.25) is 0 Å². The summed E-state index contributed by atoms with van der Waals surface area (Å²) in [6, 6.07) is 1.87. The molecule has 1 fully saturated rings. The molecule has 0 bridgehead atoms. The summed E-state index contributed by atoms with van der Waals surface area (Å²) < 4.78 is 0. The molecule has 4 heteroatoms. The first-order valence-electron chi connectivity index (χ1n) is 5.53. The van der Waals surface area contributed by atoms with E-state index in [9.17, 15) is 0 Å². The number of hydrogen-bond donors (Lipinski definition) is 1. The second-order valence-corrected chi connectivity index (χ2v) is 4.98. The molecule has 0 saturated heterocycles. The van der Waals surface area contributed by atoms with Crippen LogP contribution in [0.25, 0.3) is 0 Å². The average Bonchev–Trinajstić information content (AvgIpc) is 2.79. The predicted molar refractivity (Wildman–Crippen MR) is 62.6 cm³/mol. The van der Waals surface area contributed by atoms with E-state index in [0.717, 1.165) is 22.5 Å². The normalized spacial score (nSPS) is 17.1. The van der Waals surface area contributed by atoms with Crippen LogP contribution >= 0.6 is 11.8 Å². The van der Waals surface area contributed by atoms with E-state index in [-0.39, 0.29) is 0 Å². The van der Waals surface area contributed by atoms with E-state index in [1.54, 1.807) is 18.0 Å². The van der Waals surface area contributed by atoms with Gasteiger partial charge in [0, 0.05) is 18.5 Å². The third-order valence-electron chi connectivity index (χ3n) is 2.82. The minimum atomic E-state index is 0.500. The molecule has 0 unspecified atom stereocenters. The summed E-state index contributed by atoms with van der Waals surface area (Å²) in [4.78, 5) is 8.62. The number of nitrogens with zero attached hydrogens (tertiary/aromatic N) is 2. The molecule has 1 aliphatic carbocycles. The molecule has 0 radical (unpaired) electrons. The van der Waals surface area contributed by atoms with Gasteiger partial charge in [0.1, 0.15) is 0 Å². The molecule has 1 aromatic heterocycles. The Balaban J connectivity index is 1.86. The van der Waals surface area contributed by atoms with Gasteiger partial charge in [0.05, 0.1) is 5.69 Å². The Labute approximate surface area is 94.9 Å². The van der Waals surface area contributed by atoms with Crippen molar-refractivity contribution in [3.63, 3.8) is 0 Å². The summed E-state index contributed by atoms with van der Waals surface area (Å²) >= 11 is 1.77. The van der Waals surface area contributed by atoms with Crippen molar-refractivity contribution in [1.29, 1.82) is 0 Å². The molecule has 0 aromatic carbocycles. The molecular formula is C11H17N3S. The average molecular weight is 223 g/mol. The van der Waals surface area contributed by atoms with Gasteiger partial charge in [-0.2, -0.15) is 0 Å². The van der Waals surface area contributed by atoms with Crippen molar-refractivity contribution in [3.8, 4) is 0 Å². The SMILES string of the molecule is NCc1ccnc(SCC2CCCC2)n1. The topological polar surface area (TPSA) is 51.8 Å². The standard InChI is InChI=1S/C11H17N3S/c12-7-10-5-6-13-11(14-10)15-8-9-3-1-2-4-9/h5-6,9H,1-4,7-8,12H2. The Morgan fingerprint density at radius 2 is 2.20 bits per heavy atom. The van der Waals surface area contributed by atoms with Crippen LogP contribution in [0.1, 0.15) is 31.4 Å². The zero-order chi connectivity index (χ0) is 10.5. The van der Waals surface area contributed by atoms with Crippen molar-refractivity contribution < 1.29 is 0 Å². The van der Waals surface area contributed by atoms with Crippen molar-refractivity contribution in [2.45, 2.75) is 37.4 Å². The molecule has 1 aliphatic rings. The fraction of sp³-hybridized carbons (Fsp3) is 0.636. The van der Waals surface area contributed by atoms with Gasteiger partial charge < -0.3 is 5.73 Å². The lowest BCUT2D eigenvalue weighted by Crippen LogP contribution is -2.02. The van der Waals surface area contributed by atoms with E-state index in [4.69, 9.17) is 5.73 Å². The number of aromatic nitrogens is 2. The first-order chi connectivity index (χ1) is 7.38. The second kappa shape index (κ2) is 5.47. The maximum atomic E-state index is 5.54. The lowest BCUT2D eigenvalue weighted by atomic mass is 10.1. The van der Waals surface area contributed by atoms with E-state index in [0.29, 0.717) is 6.54 Å². The highest BCUT2D eigenvalue weighted by Crippen LogP contribution is 2.29. The van der Waals surface area contributed by atoms with Crippen LogP contribution in [0, 0.1) is 5.92 Å². The molecule has 82 valence electrons. The molecule has 15 heavy (non-hydrogen) atoms. The predicted octanol–water partition coefficient (Wildman–Crippen LogP) is 2.22. The number of thioether (sulfide) groups is 1. The van der Waals surface area contributed by atoms with E-state index >= 15 is 0 Å². The molecule has 0 aliphatic heterocycles. The third-order valence-corrected chi connectivity index (χ3v) is 3.92. The van der Waals surface area contributed by atoms with Crippen molar-refractivity contribution in [3.05, 3.63) is 18.0 Å². The Morgan fingerprint density at radius 3 is 2.93 bits per heavy atom. The van der Waals surface area contributed by atoms with E-state index in [1.165, 1.54) is 25.7 Å². The van der Waals surface area contributed by atoms with Gasteiger partial charge in [0.15, 0.2) is 5.16 Å². The zero-order valence-electron chi connectivity index (χ0n) is 8.85. The van der Waals surface area contributed by atoms with Crippen LogP contribution in [0.3, 0.4) is 0 Å². The molecule has 2 rings (SSSR count). The molecule has 0 atom stereocenters. The maximum Gasteiger partial charge on any atom is 0.187 e. The van der Waals surface area contributed by atoms with Crippen LogP contribution in [-0.2, 0) is 6.54 Å². The molecular weight excluding hydrogens is 206 g/mol. The molecule has 1 saturated carbocycles. The minimum absolute atomic E-state index is 0.500. The second-order valence-electron chi connectivity index (χ2n) is 4.00. The minimum Gasteiger partial charge on any atom is -0.325 e. The molecule has 0 amide bonds. The molecule has 0 spiro atoms. The number of hydrogen-bond acceptors (Lipinski definition) is 4. The molecule has 2 N–H and O–H groups in total. The summed E-state index contributed by atoms with van der Waals surface area (Å²) in [5.41, 5.74) is 6.47. The number of nitrogens with two attached hydrogens (primary N) is 1. The van der Waals surface area contributed by atoms with E-state index in [1.807, 2.05) is 6.07 Å². The van der Waals surface area contributed by atoms with Crippen LogP contribution < -0.4 is 5.73 Å². The zero-order valence-corrected chi connectivity index (χ0v) is 9.67. The quantitative estimate of drug-likeness (QED) is 0.628. The van der Waals surface area contributed by atoms with E-state index in [2.05, 4.69) is 9.97 Å². The number of rotatable bonds is 4. The lowest BCUT2D eigenvalue weighted by Gasteiger charge is -2.07. The van der Waals surface area contributed by atoms with Gasteiger partial charge in [-0.05, 0) is 24.8 Å². The van der Waals surface area contributed by atoms with Gasteiger partial charge in [-0.1, -0.05) is 24.6 Å². The highest BCUT2D eigenvalue weighted by atomic mass is 32.2. The van der Waals surface area contributed by atoms with Gasteiger partial charge in [-0.25, -0.2) is 9.97 Å². The summed E-state index contributed by atoms with van der Waals surface area (Å²) in [6.45, 7) is 0.500.